The van der Waals surface area contributed by atoms with Crippen molar-refractivity contribution in [3.63, 3.8) is 0 Å². The van der Waals surface area contributed by atoms with Crippen LogP contribution in [0.1, 0.15) is 51.9 Å². The highest BCUT2D eigenvalue weighted by Gasteiger charge is 2.23. The van der Waals surface area contributed by atoms with Gasteiger partial charge in [0.15, 0.2) is 0 Å². The van der Waals surface area contributed by atoms with Crippen LogP contribution in [0.5, 0.6) is 0 Å². The average Bonchev–Trinajstić information content (AvgIpc) is 2.74. The summed E-state index contributed by atoms with van der Waals surface area (Å²) in [6, 6.07) is 24.8. The molecule has 0 radical (unpaired) electrons. The molecule has 3 heteroatoms. The number of carbonyl (C=O) groups is 1. The second kappa shape index (κ2) is 8.30. The van der Waals surface area contributed by atoms with Crippen molar-refractivity contribution < 1.29 is 4.79 Å². The lowest BCUT2D eigenvalue weighted by atomic mass is 9.87. The van der Waals surface area contributed by atoms with Gasteiger partial charge in [-0.25, -0.2) is 0 Å². The molecule has 28 heavy (non-hydrogen) atoms. The predicted octanol–water partition coefficient (Wildman–Crippen LogP) is 5.13. The largest absolute Gasteiger partial charge is 0.384 e. The predicted molar refractivity (Wildman–Crippen MR) is 115 cm³/mol. The number of benzene rings is 3. The highest BCUT2D eigenvalue weighted by Crippen LogP contribution is 2.35. The van der Waals surface area contributed by atoms with Gasteiger partial charge in [-0.3, -0.25) is 4.79 Å². The normalized spacial score (nSPS) is 15.4. The van der Waals surface area contributed by atoms with Gasteiger partial charge < -0.3 is 10.6 Å². The van der Waals surface area contributed by atoms with Gasteiger partial charge in [0.1, 0.15) is 0 Å². The summed E-state index contributed by atoms with van der Waals surface area (Å²) < 4.78 is 0. The summed E-state index contributed by atoms with van der Waals surface area (Å²) in [7, 11) is 0. The maximum Gasteiger partial charge on any atom is 0.253 e. The van der Waals surface area contributed by atoms with E-state index in [0.29, 0.717) is 12.5 Å². The zero-order valence-corrected chi connectivity index (χ0v) is 16.2. The van der Waals surface area contributed by atoms with E-state index in [-0.39, 0.29) is 5.91 Å². The molecule has 2 N–H and O–H groups in total. The van der Waals surface area contributed by atoms with E-state index in [0.717, 1.165) is 36.2 Å². The summed E-state index contributed by atoms with van der Waals surface area (Å²) in [6.07, 6.45) is 1.92. The Balaban J connectivity index is 1.63. The number of amides is 1. The van der Waals surface area contributed by atoms with Gasteiger partial charge in [-0.05, 0) is 47.1 Å². The molecule has 0 aliphatic carbocycles. The van der Waals surface area contributed by atoms with Crippen LogP contribution in [-0.4, -0.2) is 12.5 Å². The zero-order valence-electron chi connectivity index (χ0n) is 16.2. The third-order valence-electron chi connectivity index (χ3n) is 5.43. The van der Waals surface area contributed by atoms with Crippen molar-refractivity contribution in [1.82, 2.24) is 5.32 Å². The molecule has 1 aliphatic rings. The zero-order chi connectivity index (χ0) is 19.3. The van der Waals surface area contributed by atoms with E-state index in [9.17, 15) is 4.79 Å². The molecule has 0 fully saturated rings. The molecule has 3 aromatic rings. The minimum absolute atomic E-state index is 0.0170. The SMILES string of the molecule is CC1CCNc2c(C(=O)NCc3ccccc3)cc(Cc3ccccc3)cc21. The maximum absolute atomic E-state index is 13.1. The number of nitrogens with one attached hydrogen (secondary N) is 2. The Bertz CT molecular complexity index is 951. The molecule has 3 aromatic carbocycles. The number of anilines is 1. The summed E-state index contributed by atoms with van der Waals surface area (Å²) in [5, 5.41) is 6.56. The number of fused-ring (bicyclic) bond motifs is 1. The van der Waals surface area contributed by atoms with Crippen LogP contribution in [0, 0.1) is 0 Å². The van der Waals surface area contributed by atoms with Gasteiger partial charge in [0.05, 0.1) is 11.3 Å². The van der Waals surface area contributed by atoms with Crippen LogP contribution in [0.4, 0.5) is 5.69 Å². The van der Waals surface area contributed by atoms with E-state index >= 15 is 0 Å². The minimum atomic E-state index is -0.0170. The fourth-order valence-electron chi connectivity index (χ4n) is 3.87. The first kappa shape index (κ1) is 18.3. The number of carbonyl (C=O) groups excluding carboxylic acids is 1. The summed E-state index contributed by atoms with van der Waals surface area (Å²) in [5.74, 6) is 0.435. The number of rotatable bonds is 5. The topological polar surface area (TPSA) is 41.1 Å². The van der Waals surface area contributed by atoms with E-state index in [1.54, 1.807) is 0 Å². The van der Waals surface area contributed by atoms with Crippen LogP contribution in [0.3, 0.4) is 0 Å². The fraction of sp³-hybridized carbons (Fsp3) is 0.240. The molecule has 1 heterocycles. The second-order valence-corrected chi connectivity index (χ2v) is 7.55. The van der Waals surface area contributed by atoms with Crippen LogP contribution in [-0.2, 0) is 13.0 Å². The van der Waals surface area contributed by atoms with Gasteiger partial charge in [-0.1, -0.05) is 73.7 Å². The Morgan fingerprint density at radius 2 is 1.64 bits per heavy atom. The standard InChI is InChI=1S/C25H26N2O/c1-18-12-13-26-24-22(18)15-21(14-19-8-4-2-5-9-19)16-23(24)25(28)27-17-20-10-6-3-7-11-20/h2-11,15-16,18,26H,12-14,17H2,1H3,(H,27,28). The van der Waals surface area contributed by atoms with E-state index < -0.39 is 0 Å². The maximum atomic E-state index is 13.1. The van der Waals surface area contributed by atoms with Gasteiger partial charge in [0.25, 0.3) is 5.91 Å². The molecule has 1 unspecified atom stereocenters. The highest BCUT2D eigenvalue weighted by molar-refractivity contribution is 6.00. The Kier molecular flexibility index (Phi) is 5.43. The Hall–Kier alpha value is -3.07. The van der Waals surface area contributed by atoms with Gasteiger partial charge in [-0.15, -0.1) is 0 Å². The summed E-state index contributed by atoms with van der Waals surface area (Å²) in [4.78, 5) is 13.1. The van der Waals surface area contributed by atoms with Crippen molar-refractivity contribution >= 4 is 11.6 Å². The summed E-state index contributed by atoms with van der Waals surface area (Å²) >= 11 is 0. The first-order valence-electron chi connectivity index (χ1n) is 9.97. The molecular weight excluding hydrogens is 344 g/mol. The van der Waals surface area contributed by atoms with Gasteiger partial charge >= 0.3 is 0 Å². The van der Waals surface area contributed by atoms with E-state index in [4.69, 9.17) is 0 Å². The summed E-state index contributed by atoms with van der Waals surface area (Å²) in [6.45, 7) is 3.69. The monoisotopic (exact) mass is 370 g/mol. The molecule has 0 aromatic heterocycles. The van der Waals surface area contributed by atoms with Crippen LogP contribution in [0.25, 0.3) is 0 Å². The average molecular weight is 370 g/mol. The summed E-state index contributed by atoms with van der Waals surface area (Å²) in [5.41, 5.74) is 6.56. The van der Waals surface area contributed by atoms with E-state index in [1.165, 1.54) is 16.7 Å². The van der Waals surface area contributed by atoms with Gasteiger partial charge in [0, 0.05) is 13.1 Å². The minimum Gasteiger partial charge on any atom is -0.384 e. The van der Waals surface area contributed by atoms with E-state index in [1.807, 2.05) is 36.4 Å². The van der Waals surface area contributed by atoms with Gasteiger partial charge in [-0.2, -0.15) is 0 Å². The molecular formula is C25H26N2O. The second-order valence-electron chi connectivity index (χ2n) is 7.55. The van der Waals surface area contributed by atoms with Crippen LogP contribution in [0.15, 0.2) is 72.8 Å². The Labute approximate surface area is 166 Å². The molecule has 0 spiro atoms. The smallest absolute Gasteiger partial charge is 0.253 e. The Morgan fingerprint density at radius 1 is 0.964 bits per heavy atom. The molecule has 0 saturated heterocycles. The van der Waals surface area contributed by atoms with Crippen molar-refractivity contribution in [1.29, 1.82) is 0 Å². The molecule has 142 valence electrons. The first-order valence-corrected chi connectivity index (χ1v) is 9.97. The van der Waals surface area contributed by atoms with Crippen molar-refractivity contribution in [2.45, 2.75) is 32.2 Å². The first-order chi connectivity index (χ1) is 13.7. The third-order valence-corrected chi connectivity index (χ3v) is 5.43. The lowest BCUT2D eigenvalue weighted by Gasteiger charge is -2.27. The van der Waals surface area contributed by atoms with Crippen LogP contribution in [0.2, 0.25) is 0 Å². The number of hydrogen-bond donors (Lipinski definition) is 2. The molecule has 1 aliphatic heterocycles. The molecule has 3 nitrogen and oxygen atoms in total. The molecule has 1 amide bonds. The highest BCUT2D eigenvalue weighted by atomic mass is 16.1. The quantitative estimate of drug-likeness (QED) is 0.654. The molecule has 1 atom stereocenters. The molecule has 4 rings (SSSR count). The molecule has 0 saturated carbocycles. The van der Waals surface area contributed by atoms with Crippen molar-refractivity contribution in [2.24, 2.45) is 0 Å². The van der Waals surface area contributed by atoms with Crippen LogP contribution < -0.4 is 10.6 Å². The van der Waals surface area contributed by atoms with Crippen molar-refractivity contribution in [2.75, 3.05) is 11.9 Å². The fourth-order valence-corrected chi connectivity index (χ4v) is 3.87. The lowest BCUT2D eigenvalue weighted by Crippen LogP contribution is -2.26. The van der Waals surface area contributed by atoms with Gasteiger partial charge in [0.2, 0.25) is 0 Å². The van der Waals surface area contributed by atoms with Crippen molar-refractivity contribution in [3.05, 3.63) is 101 Å². The molecule has 0 bridgehead atoms. The Morgan fingerprint density at radius 3 is 2.36 bits per heavy atom. The van der Waals surface area contributed by atoms with Crippen LogP contribution >= 0.6 is 0 Å². The number of hydrogen-bond acceptors (Lipinski definition) is 2. The lowest BCUT2D eigenvalue weighted by molar-refractivity contribution is 0.0951. The van der Waals surface area contributed by atoms with Crippen molar-refractivity contribution in [3.8, 4) is 0 Å². The third kappa shape index (κ3) is 4.09. The van der Waals surface area contributed by atoms with E-state index in [2.05, 4.69) is 54.0 Å².